The first-order chi connectivity index (χ1) is 12.8. The first-order valence-corrected chi connectivity index (χ1v) is 8.97. The fourth-order valence-electron chi connectivity index (χ4n) is 2.33. The molecule has 27 heavy (non-hydrogen) atoms. The fourth-order valence-corrected chi connectivity index (χ4v) is 2.83. The molecule has 0 saturated carbocycles. The van der Waals surface area contributed by atoms with Gasteiger partial charge in [-0.05, 0) is 67.2 Å². The Bertz CT molecular complexity index is 1030. The number of anilines is 1. The van der Waals surface area contributed by atoms with E-state index in [0.717, 1.165) is 5.56 Å². The average Bonchev–Trinajstić information content (AvgIpc) is 3.11. The van der Waals surface area contributed by atoms with Gasteiger partial charge in [0.05, 0.1) is 15.7 Å². The van der Waals surface area contributed by atoms with E-state index in [1.165, 1.54) is 12.1 Å². The molecule has 1 aromatic heterocycles. The van der Waals surface area contributed by atoms with Crippen LogP contribution in [0.5, 0.6) is 5.75 Å². The Labute approximate surface area is 170 Å². The number of benzene rings is 2. The van der Waals surface area contributed by atoms with Gasteiger partial charge in [0.1, 0.15) is 11.5 Å². The molecule has 0 radical (unpaired) electrons. The molecule has 0 atom stereocenters. The quantitative estimate of drug-likeness (QED) is 0.390. The molecule has 1 heterocycles. The van der Waals surface area contributed by atoms with Crippen LogP contribution in [0, 0.1) is 6.92 Å². The Kier molecular flexibility index (Phi) is 5.70. The summed E-state index contributed by atoms with van der Waals surface area (Å²) in [5.41, 5.74) is 2.02. The van der Waals surface area contributed by atoms with Crippen molar-refractivity contribution in [2.75, 3.05) is 5.32 Å². The molecule has 0 saturated heterocycles. The average molecular weight is 421 g/mol. The molecule has 2 aromatic carbocycles. The third kappa shape index (κ3) is 4.60. The van der Waals surface area contributed by atoms with Gasteiger partial charge in [-0.1, -0.05) is 29.3 Å². The zero-order chi connectivity index (χ0) is 19.6. The van der Waals surface area contributed by atoms with Crippen LogP contribution in [0.25, 0.3) is 11.3 Å². The van der Waals surface area contributed by atoms with E-state index in [0.29, 0.717) is 27.1 Å². The second-order valence-corrected chi connectivity index (χ2v) is 6.94. The summed E-state index contributed by atoms with van der Waals surface area (Å²) < 4.78 is 5.57. The summed E-state index contributed by atoms with van der Waals surface area (Å²) in [6, 6.07) is 13.2. The summed E-state index contributed by atoms with van der Waals surface area (Å²) in [5.74, 6) is 0.0469. The van der Waals surface area contributed by atoms with Crippen LogP contribution < -0.4 is 10.6 Å². The SMILES string of the molecule is Cc1ccc(O)c(NC(=S)NC(=O)c2ccc(-c3ccc(Cl)c(Cl)c3)o2)c1. The topological polar surface area (TPSA) is 74.5 Å². The summed E-state index contributed by atoms with van der Waals surface area (Å²) in [6.45, 7) is 1.87. The molecule has 0 fully saturated rings. The van der Waals surface area contributed by atoms with Gasteiger partial charge in [-0.3, -0.25) is 10.1 Å². The monoisotopic (exact) mass is 420 g/mol. The van der Waals surface area contributed by atoms with Crippen molar-refractivity contribution in [3.05, 3.63) is 69.9 Å². The number of amides is 1. The smallest absolute Gasteiger partial charge is 0.293 e. The minimum Gasteiger partial charge on any atom is -0.506 e. The first-order valence-electron chi connectivity index (χ1n) is 7.80. The maximum absolute atomic E-state index is 12.3. The fraction of sp³-hybridized carbons (Fsp3) is 0.0526. The Morgan fingerprint density at radius 1 is 1.07 bits per heavy atom. The van der Waals surface area contributed by atoms with E-state index >= 15 is 0 Å². The van der Waals surface area contributed by atoms with Crippen molar-refractivity contribution in [1.29, 1.82) is 0 Å². The second kappa shape index (κ2) is 8.00. The zero-order valence-corrected chi connectivity index (χ0v) is 16.4. The first kappa shape index (κ1) is 19.2. The standard InChI is InChI=1S/C19H14Cl2N2O3S/c1-10-2-5-15(24)14(8-10)22-19(27)23-18(25)17-7-6-16(26-17)11-3-4-12(20)13(21)9-11/h2-9,24H,1H3,(H2,22,23,25,27). The van der Waals surface area contributed by atoms with Crippen LogP contribution in [0.1, 0.15) is 16.1 Å². The minimum atomic E-state index is -0.522. The highest BCUT2D eigenvalue weighted by atomic mass is 35.5. The number of aryl methyl sites for hydroxylation is 1. The molecule has 138 valence electrons. The number of hydrogen-bond donors (Lipinski definition) is 3. The lowest BCUT2D eigenvalue weighted by Gasteiger charge is -2.10. The van der Waals surface area contributed by atoms with Crippen LogP contribution in [0.3, 0.4) is 0 Å². The normalized spacial score (nSPS) is 10.5. The van der Waals surface area contributed by atoms with Crippen LogP contribution in [0.2, 0.25) is 10.0 Å². The Balaban J connectivity index is 1.69. The molecule has 0 aliphatic carbocycles. The molecule has 3 N–H and O–H groups in total. The third-order valence-corrected chi connectivity index (χ3v) is 4.60. The van der Waals surface area contributed by atoms with Crippen LogP contribution in [-0.4, -0.2) is 16.1 Å². The zero-order valence-electron chi connectivity index (χ0n) is 14.0. The number of hydrogen-bond acceptors (Lipinski definition) is 4. The largest absolute Gasteiger partial charge is 0.506 e. The predicted molar refractivity (Wildman–Crippen MR) is 111 cm³/mol. The van der Waals surface area contributed by atoms with E-state index in [2.05, 4.69) is 10.6 Å². The van der Waals surface area contributed by atoms with E-state index in [-0.39, 0.29) is 16.6 Å². The number of carbonyl (C=O) groups is 1. The van der Waals surface area contributed by atoms with Crippen molar-refractivity contribution in [1.82, 2.24) is 5.32 Å². The lowest BCUT2D eigenvalue weighted by atomic mass is 10.2. The Morgan fingerprint density at radius 3 is 2.59 bits per heavy atom. The van der Waals surface area contributed by atoms with Crippen molar-refractivity contribution < 1.29 is 14.3 Å². The molecule has 0 unspecified atom stereocenters. The lowest BCUT2D eigenvalue weighted by Crippen LogP contribution is -2.33. The van der Waals surface area contributed by atoms with E-state index in [1.807, 2.05) is 6.92 Å². The number of nitrogens with one attached hydrogen (secondary N) is 2. The maximum atomic E-state index is 12.3. The van der Waals surface area contributed by atoms with Crippen LogP contribution >= 0.6 is 35.4 Å². The van der Waals surface area contributed by atoms with E-state index in [9.17, 15) is 9.90 Å². The summed E-state index contributed by atoms with van der Waals surface area (Å²) in [5, 5.41) is 16.0. The van der Waals surface area contributed by atoms with Crippen molar-refractivity contribution in [3.8, 4) is 17.1 Å². The van der Waals surface area contributed by atoms with E-state index in [1.54, 1.807) is 36.4 Å². The van der Waals surface area contributed by atoms with Gasteiger partial charge in [-0.15, -0.1) is 0 Å². The third-order valence-electron chi connectivity index (χ3n) is 3.66. The van der Waals surface area contributed by atoms with Gasteiger partial charge in [-0.2, -0.15) is 0 Å². The minimum absolute atomic E-state index is 0.0251. The highest BCUT2D eigenvalue weighted by Gasteiger charge is 2.15. The van der Waals surface area contributed by atoms with E-state index in [4.69, 9.17) is 39.8 Å². The number of thiocarbonyl (C=S) groups is 1. The van der Waals surface area contributed by atoms with Crippen molar-refractivity contribution in [2.24, 2.45) is 0 Å². The van der Waals surface area contributed by atoms with Gasteiger partial charge in [-0.25, -0.2) is 0 Å². The molecule has 0 aliphatic heterocycles. The summed E-state index contributed by atoms with van der Waals surface area (Å²) in [4.78, 5) is 12.3. The second-order valence-electron chi connectivity index (χ2n) is 5.72. The van der Waals surface area contributed by atoms with E-state index < -0.39 is 5.91 Å². The number of halogens is 2. The molecule has 8 heteroatoms. The van der Waals surface area contributed by atoms with Gasteiger partial charge >= 0.3 is 0 Å². The maximum Gasteiger partial charge on any atom is 0.293 e. The van der Waals surface area contributed by atoms with Crippen LogP contribution in [0.15, 0.2) is 52.9 Å². The number of phenols is 1. The van der Waals surface area contributed by atoms with Gasteiger partial charge < -0.3 is 14.8 Å². The number of phenolic OH excluding ortho intramolecular Hbond substituents is 1. The van der Waals surface area contributed by atoms with Crippen LogP contribution in [0.4, 0.5) is 5.69 Å². The van der Waals surface area contributed by atoms with Gasteiger partial charge in [0.2, 0.25) is 0 Å². The molecule has 5 nitrogen and oxygen atoms in total. The summed E-state index contributed by atoms with van der Waals surface area (Å²) in [6.07, 6.45) is 0. The number of rotatable bonds is 3. The molecule has 0 aliphatic rings. The summed E-state index contributed by atoms with van der Waals surface area (Å²) in [7, 11) is 0. The predicted octanol–water partition coefficient (Wildman–Crippen LogP) is 5.39. The number of aromatic hydroxyl groups is 1. The van der Waals surface area contributed by atoms with Crippen molar-refractivity contribution >= 4 is 52.1 Å². The molecule has 0 bridgehead atoms. The molecule has 3 aromatic rings. The van der Waals surface area contributed by atoms with Crippen LogP contribution in [-0.2, 0) is 0 Å². The number of carbonyl (C=O) groups excluding carboxylic acids is 1. The Morgan fingerprint density at radius 2 is 1.85 bits per heavy atom. The lowest BCUT2D eigenvalue weighted by molar-refractivity contribution is 0.0951. The molecule has 1 amide bonds. The highest BCUT2D eigenvalue weighted by molar-refractivity contribution is 7.80. The van der Waals surface area contributed by atoms with Crippen molar-refractivity contribution in [2.45, 2.75) is 6.92 Å². The highest BCUT2D eigenvalue weighted by Crippen LogP contribution is 2.29. The summed E-state index contributed by atoms with van der Waals surface area (Å²) >= 11 is 17.0. The van der Waals surface area contributed by atoms with Gasteiger partial charge in [0.15, 0.2) is 10.9 Å². The van der Waals surface area contributed by atoms with Gasteiger partial charge in [0.25, 0.3) is 5.91 Å². The molecule has 3 rings (SSSR count). The van der Waals surface area contributed by atoms with Gasteiger partial charge in [0, 0.05) is 5.56 Å². The molecular formula is C19H14Cl2N2O3S. The number of furan rings is 1. The molecule has 0 spiro atoms. The Hall–Kier alpha value is -2.54. The van der Waals surface area contributed by atoms with Crippen molar-refractivity contribution in [3.63, 3.8) is 0 Å². The molecular weight excluding hydrogens is 407 g/mol.